The largest absolute Gasteiger partial charge is 0.423 e. The van der Waals surface area contributed by atoms with Gasteiger partial charge in [-0.15, -0.1) is 0 Å². The molecule has 30 heavy (non-hydrogen) atoms. The maximum Gasteiger partial charge on any atom is 0.343 e. The van der Waals surface area contributed by atoms with Gasteiger partial charge < -0.3 is 4.74 Å². The van der Waals surface area contributed by atoms with Crippen molar-refractivity contribution in [2.75, 3.05) is 0 Å². The molecule has 0 aliphatic heterocycles. The molecule has 8 nitrogen and oxygen atoms in total. The van der Waals surface area contributed by atoms with Crippen molar-refractivity contribution < 1.29 is 19.2 Å². The van der Waals surface area contributed by atoms with Gasteiger partial charge in [0.25, 0.3) is 11.6 Å². The van der Waals surface area contributed by atoms with Crippen molar-refractivity contribution in [3.63, 3.8) is 0 Å². The Bertz CT molecular complexity index is 1110. The van der Waals surface area contributed by atoms with Gasteiger partial charge in [0, 0.05) is 22.7 Å². The number of non-ortho nitro benzene ring substituents is 1. The molecule has 0 atom stereocenters. The van der Waals surface area contributed by atoms with Crippen molar-refractivity contribution in [3.8, 4) is 5.75 Å². The number of rotatable bonds is 6. The van der Waals surface area contributed by atoms with Crippen molar-refractivity contribution in [1.29, 1.82) is 0 Å². The first-order valence-corrected chi connectivity index (χ1v) is 8.96. The van der Waals surface area contributed by atoms with Gasteiger partial charge in [0.1, 0.15) is 5.75 Å². The van der Waals surface area contributed by atoms with Gasteiger partial charge in [-0.1, -0.05) is 23.7 Å². The molecule has 3 rings (SSSR count). The topological polar surface area (TPSA) is 111 Å². The molecule has 0 fully saturated rings. The monoisotopic (exact) mass is 423 g/mol. The van der Waals surface area contributed by atoms with Gasteiger partial charge in [-0.3, -0.25) is 14.9 Å². The minimum Gasteiger partial charge on any atom is -0.423 e. The minimum atomic E-state index is -0.549. The summed E-state index contributed by atoms with van der Waals surface area (Å²) >= 11 is 5.80. The van der Waals surface area contributed by atoms with Gasteiger partial charge in [0.05, 0.1) is 16.7 Å². The van der Waals surface area contributed by atoms with E-state index in [9.17, 15) is 19.7 Å². The number of benzene rings is 3. The molecule has 0 bridgehead atoms. The van der Waals surface area contributed by atoms with Gasteiger partial charge in [-0.25, -0.2) is 10.2 Å². The molecular weight excluding hydrogens is 410 g/mol. The van der Waals surface area contributed by atoms with Crippen LogP contribution >= 0.6 is 11.6 Å². The van der Waals surface area contributed by atoms with Crippen LogP contribution < -0.4 is 10.2 Å². The van der Waals surface area contributed by atoms with Crippen LogP contribution in [0.15, 0.2) is 77.9 Å². The molecule has 0 aliphatic carbocycles. The van der Waals surface area contributed by atoms with Crippen LogP contribution in [-0.2, 0) is 0 Å². The Kier molecular flexibility index (Phi) is 6.51. The van der Waals surface area contributed by atoms with E-state index in [4.69, 9.17) is 16.3 Å². The highest BCUT2D eigenvalue weighted by Gasteiger charge is 2.10. The normalized spacial score (nSPS) is 10.6. The zero-order chi connectivity index (χ0) is 21.5. The van der Waals surface area contributed by atoms with Crippen LogP contribution in [0.25, 0.3) is 0 Å². The molecule has 0 saturated carbocycles. The number of hydrogen-bond acceptors (Lipinski definition) is 6. The minimum absolute atomic E-state index is 0.111. The maximum atomic E-state index is 12.2. The fourth-order valence-corrected chi connectivity index (χ4v) is 2.50. The molecule has 0 spiro atoms. The summed E-state index contributed by atoms with van der Waals surface area (Å²) in [5.74, 6) is -0.751. The fraction of sp³-hybridized carbons (Fsp3) is 0. The SMILES string of the molecule is O=C(N/N=C/c1cccc(OC(=O)c2ccc(Cl)cc2)c1)c1ccc([N+](=O)[O-])cc1. The lowest BCUT2D eigenvalue weighted by molar-refractivity contribution is -0.384. The van der Waals surface area contributed by atoms with Gasteiger partial charge >= 0.3 is 5.97 Å². The van der Waals surface area contributed by atoms with Crippen LogP contribution in [0, 0.1) is 10.1 Å². The summed E-state index contributed by atoms with van der Waals surface area (Å²) < 4.78 is 5.32. The van der Waals surface area contributed by atoms with E-state index in [2.05, 4.69) is 10.5 Å². The van der Waals surface area contributed by atoms with E-state index in [0.717, 1.165) is 0 Å². The number of amides is 1. The Morgan fingerprint density at radius 1 is 1.00 bits per heavy atom. The third-order valence-corrected chi connectivity index (χ3v) is 4.12. The fourth-order valence-electron chi connectivity index (χ4n) is 2.37. The first-order valence-electron chi connectivity index (χ1n) is 8.58. The summed E-state index contributed by atoms with van der Waals surface area (Å²) in [5.41, 5.74) is 3.38. The molecule has 0 unspecified atom stereocenters. The number of esters is 1. The molecular formula is C21H14ClN3O5. The van der Waals surface area contributed by atoms with Gasteiger partial charge in [0.2, 0.25) is 0 Å². The maximum absolute atomic E-state index is 12.2. The van der Waals surface area contributed by atoms with Crippen LogP contribution in [0.5, 0.6) is 5.75 Å². The summed E-state index contributed by atoms with van der Waals surface area (Å²) in [6, 6.07) is 18.0. The molecule has 0 saturated heterocycles. The number of carbonyl (C=O) groups excluding carboxylic acids is 2. The number of carbonyl (C=O) groups is 2. The molecule has 1 amide bonds. The van der Waals surface area contributed by atoms with E-state index in [0.29, 0.717) is 21.9 Å². The summed E-state index contributed by atoms with van der Waals surface area (Å²) in [4.78, 5) is 34.3. The quantitative estimate of drug-likeness (QED) is 0.210. The number of ether oxygens (including phenoxy) is 1. The van der Waals surface area contributed by atoms with Crippen molar-refractivity contribution >= 4 is 35.4 Å². The van der Waals surface area contributed by atoms with E-state index < -0.39 is 16.8 Å². The van der Waals surface area contributed by atoms with Crippen molar-refractivity contribution in [2.24, 2.45) is 5.10 Å². The molecule has 3 aromatic rings. The lowest BCUT2D eigenvalue weighted by atomic mass is 10.2. The average Bonchev–Trinajstić information content (AvgIpc) is 2.74. The second-order valence-corrected chi connectivity index (χ2v) is 6.41. The number of hydrazone groups is 1. The third-order valence-electron chi connectivity index (χ3n) is 3.87. The Labute approximate surface area is 175 Å². The van der Waals surface area contributed by atoms with E-state index in [1.807, 2.05) is 0 Å². The molecule has 9 heteroatoms. The van der Waals surface area contributed by atoms with Crippen LogP contribution in [0.2, 0.25) is 5.02 Å². The number of hydrogen-bond donors (Lipinski definition) is 1. The zero-order valence-corrected chi connectivity index (χ0v) is 16.1. The average molecular weight is 424 g/mol. The summed E-state index contributed by atoms with van der Waals surface area (Å²) in [6.07, 6.45) is 1.38. The van der Waals surface area contributed by atoms with Crippen molar-refractivity contribution in [3.05, 3.63) is 105 Å². The number of nitrogens with one attached hydrogen (secondary N) is 1. The second kappa shape index (κ2) is 9.44. The molecule has 0 heterocycles. The molecule has 3 aromatic carbocycles. The zero-order valence-electron chi connectivity index (χ0n) is 15.3. The summed E-state index contributed by atoms with van der Waals surface area (Å²) in [5, 5.41) is 15.0. The van der Waals surface area contributed by atoms with Crippen LogP contribution in [-0.4, -0.2) is 23.0 Å². The Morgan fingerprint density at radius 2 is 1.67 bits per heavy atom. The van der Waals surface area contributed by atoms with E-state index >= 15 is 0 Å². The molecule has 0 radical (unpaired) electrons. The molecule has 150 valence electrons. The molecule has 1 N–H and O–H groups in total. The van der Waals surface area contributed by atoms with E-state index in [1.54, 1.807) is 48.5 Å². The third kappa shape index (κ3) is 5.49. The van der Waals surface area contributed by atoms with Crippen LogP contribution in [0.4, 0.5) is 5.69 Å². The predicted molar refractivity (Wildman–Crippen MR) is 111 cm³/mol. The summed E-state index contributed by atoms with van der Waals surface area (Å²) in [6.45, 7) is 0. The number of nitro groups is 1. The smallest absolute Gasteiger partial charge is 0.343 e. The van der Waals surface area contributed by atoms with Crippen molar-refractivity contribution in [2.45, 2.75) is 0 Å². The Hall–Kier alpha value is -4.04. The highest BCUT2D eigenvalue weighted by atomic mass is 35.5. The Morgan fingerprint density at radius 3 is 2.33 bits per heavy atom. The van der Waals surface area contributed by atoms with Gasteiger partial charge in [-0.05, 0) is 54.1 Å². The predicted octanol–water partition coefficient (Wildman–Crippen LogP) is 4.23. The molecule has 0 aliphatic rings. The highest BCUT2D eigenvalue weighted by Crippen LogP contribution is 2.16. The van der Waals surface area contributed by atoms with Crippen LogP contribution in [0.3, 0.4) is 0 Å². The number of nitrogens with zero attached hydrogens (tertiary/aromatic N) is 2. The lowest BCUT2D eigenvalue weighted by Crippen LogP contribution is -2.17. The highest BCUT2D eigenvalue weighted by molar-refractivity contribution is 6.30. The van der Waals surface area contributed by atoms with Gasteiger partial charge in [-0.2, -0.15) is 5.10 Å². The van der Waals surface area contributed by atoms with E-state index in [1.165, 1.54) is 30.5 Å². The first-order chi connectivity index (χ1) is 14.4. The first kappa shape index (κ1) is 20.7. The number of nitro benzene ring substituents is 1. The second-order valence-electron chi connectivity index (χ2n) is 5.97. The standard InChI is InChI=1S/C21H14ClN3O5/c22-17-8-4-16(5-9-17)21(27)30-19-3-1-2-14(12-19)13-23-24-20(26)15-6-10-18(11-7-15)25(28)29/h1-13H,(H,24,26)/b23-13+. The number of halogens is 1. The van der Waals surface area contributed by atoms with Gasteiger partial charge in [0.15, 0.2) is 0 Å². The van der Waals surface area contributed by atoms with E-state index in [-0.39, 0.29) is 11.3 Å². The van der Waals surface area contributed by atoms with Crippen LogP contribution in [0.1, 0.15) is 26.3 Å². The summed E-state index contributed by atoms with van der Waals surface area (Å²) in [7, 11) is 0. The lowest BCUT2D eigenvalue weighted by Gasteiger charge is -2.05. The Balaban J connectivity index is 1.61. The van der Waals surface area contributed by atoms with Crippen molar-refractivity contribution in [1.82, 2.24) is 5.43 Å². The molecule has 0 aromatic heterocycles.